The van der Waals surface area contributed by atoms with E-state index >= 15 is 0 Å². The number of carbonyl (C=O) groups excluding carboxylic acids is 1. The number of unbranched alkanes of at least 4 members (excludes halogenated alkanes) is 4. The van der Waals surface area contributed by atoms with E-state index in [2.05, 4.69) is 12.2 Å². The van der Waals surface area contributed by atoms with Crippen LogP contribution in [0.15, 0.2) is 11.9 Å². The van der Waals surface area contributed by atoms with Crippen molar-refractivity contribution in [3.8, 4) is 0 Å². The minimum atomic E-state index is -0.262. The van der Waals surface area contributed by atoms with E-state index in [4.69, 9.17) is 0 Å². The second kappa shape index (κ2) is 9.12. The monoisotopic (exact) mass is 257 g/mol. The molecule has 0 spiro atoms. The van der Waals surface area contributed by atoms with Crippen LogP contribution in [0, 0.1) is 5.41 Å². The van der Waals surface area contributed by atoms with Crippen LogP contribution in [-0.2, 0) is 4.79 Å². The van der Waals surface area contributed by atoms with Crippen molar-refractivity contribution in [2.75, 3.05) is 6.54 Å². The standard InChI is InChI=1S/C15H28FNO/c1-5-6-7-8-9-10-14(18)17-12-13(16)11-15(2,3)4/h11H,5-10,12H2,1-4H3,(H,17,18)/b13-11-. The van der Waals surface area contributed by atoms with E-state index in [1.54, 1.807) is 6.08 Å². The van der Waals surface area contributed by atoms with Crippen molar-refractivity contribution in [3.05, 3.63) is 11.9 Å². The van der Waals surface area contributed by atoms with Crippen molar-refractivity contribution < 1.29 is 9.18 Å². The lowest BCUT2D eigenvalue weighted by molar-refractivity contribution is -0.121. The summed E-state index contributed by atoms with van der Waals surface area (Å²) in [5.41, 5.74) is -0.186. The Morgan fingerprint density at radius 2 is 1.78 bits per heavy atom. The van der Waals surface area contributed by atoms with E-state index in [9.17, 15) is 9.18 Å². The molecule has 0 atom stereocenters. The molecule has 0 fully saturated rings. The Kier molecular flexibility index (Phi) is 8.69. The Bertz CT molecular complexity index is 266. The Morgan fingerprint density at radius 3 is 2.33 bits per heavy atom. The van der Waals surface area contributed by atoms with Crippen molar-refractivity contribution in [1.82, 2.24) is 5.32 Å². The fourth-order valence-corrected chi connectivity index (χ4v) is 1.68. The van der Waals surface area contributed by atoms with E-state index in [0.29, 0.717) is 6.42 Å². The van der Waals surface area contributed by atoms with Gasteiger partial charge >= 0.3 is 0 Å². The highest BCUT2D eigenvalue weighted by atomic mass is 19.1. The zero-order valence-corrected chi connectivity index (χ0v) is 12.3. The van der Waals surface area contributed by atoms with Gasteiger partial charge in [-0.15, -0.1) is 0 Å². The fourth-order valence-electron chi connectivity index (χ4n) is 1.68. The average Bonchev–Trinajstić information content (AvgIpc) is 2.24. The largest absolute Gasteiger partial charge is 0.350 e. The summed E-state index contributed by atoms with van der Waals surface area (Å²) >= 11 is 0. The van der Waals surface area contributed by atoms with Crippen molar-refractivity contribution in [2.45, 2.75) is 66.2 Å². The normalized spacial score (nSPS) is 12.6. The van der Waals surface area contributed by atoms with Gasteiger partial charge in [0.15, 0.2) is 0 Å². The molecule has 0 unspecified atom stereocenters. The predicted molar refractivity (Wildman–Crippen MR) is 75.0 cm³/mol. The van der Waals surface area contributed by atoms with Crippen LogP contribution in [0.5, 0.6) is 0 Å². The van der Waals surface area contributed by atoms with Crippen molar-refractivity contribution in [1.29, 1.82) is 0 Å². The smallest absolute Gasteiger partial charge is 0.220 e. The number of halogens is 1. The first-order chi connectivity index (χ1) is 8.35. The molecule has 1 N–H and O–H groups in total. The molecular formula is C15H28FNO. The second-order valence-corrected chi connectivity index (χ2v) is 5.90. The highest BCUT2D eigenvalue weighted by Crippen LogP contribution is 2.17. The quantitative estimate of drug-likeness (QED) is 0.643. The number of rotatable bonds is 8. The molecule has 106 valence electrons. The molecule has 3 heteroatoms. The van der Waals surface area contributed by atoms with Crippen molar-refractivity contribution >= 4 is 5.91 Å². The molecule has 0 aromatic heterocycles. The number of hydrogen-bond acceptors (Lipinski definition) is 1. The topological polar surface area (TPSA) is 29.1 Å². The predicted octanol–water partition coefficient (Wildman–Crippen LogP) is 4.36. The second-order valence-electron chi connectivity index (χ2n) is 5.90. The van der Waals surface area contributed by atoms with E-state index in [0.717, 1.165) is 12.8 Å². The van der Waals surface area contributed by atoms with Gasteiger partial charge in [0.2, 0.25) is 5.91 Å². The van der Waals surface area contributed by atoms with Crippen LogP contribution in [0.25, 0.3) is 0 Å². The molecule has 0 aliphatic heterocycles. The summed E-state index contributed by atoms with van der Waals surface area (Å²) in [5, 5.41) is 2.61. The van der Waals surface area contributed by atoms with Crippen LogP contribution < -0.4 is 5.32 Å². The number of nitrogens with one attached hydrogen (secondary N) is 1. The van der Waals surface area contributed by atoms with Crippen LogP contribution in [0.4, 0.5) is 4.39 Å². The molecule has 18 heavy (non-hydrogen) atoms. The van der Waals surface area contributed by atoms with Crippen LogP contribution in [0.2, 0.25) is 0 Å². The molecule has 1 amide bonds. The first-order valence-electron chi connectivity index (χ1n) is 6.99. The molecule has 0 radical (unpaired) electrons. The molecule has 0 heterocycles. The van der Waals surface area contributed by atoms with Gasteiger partial charge in [-0.25, -0.2) is 4.39 Å². The van der Waals surface area contributed by atoms with Gasteiger partial charge < -0.3 is 5.32 Å². The Balaban J connectivity index is 3.68. The minimum Gasteiger partial charge on any atom is -0.350 e. The molecule has 0 aliphatic rings. The lowest BCUT2D eigenvalue weighted by Crippen LogP contribution is -2.24. The third-order valence-corrected chi connectivity index (χ3v) is 2.55. The lowest BCUT2D eigenvalue weighted by atomic mass is 9.96. The molecule has 0 aromatic carbocycles. The van der Waals surface area contributed by atoms with Crippen LogP contribution in [0.1, 0.15) is 66.2 Å². The zero-order chi connectivity index (χ0) is 14.0. The van der Waals surface area contributed by atoms with Gasteiger partial charge in [-0.05, 0) is 17.9 Å². The SMILES string of the molecule is CCCCCCCC(=O)NC/C(F)=C/C(C)(C)C. The van der Waals surface area contributed by atoms with Gasteiger partial charge in [-0.1, -0.05) is 53.4 Å². The Hall–Kier alpha value is -0.860. The van der Waals surface area contributed by atoms with E-state index in [1.165, 1.54) is 19.3 Å². The molecular weight excluding hydrogens is 229 g/mol. The fraction of sp³-hybridized carbons (Fsp3) is 0.800. The maximum Gasteiger partial charge on any atom is 0.220 e. The minimum absolute atomic E-state index is 0.0189. The summed E-state index contributed by atoms with van der Waals surface area (Å²) in [4.78, 5) is 11.4. The van der Waals surface area contributed by atoms with Gasteiger partial charge in [0.05, 0.1) is 6.54 Å². The van der Waals surface area contributed by atoms with Crippen LogP contribution >= 0.6 is 0 Å². The van der Waals surface area contributed by atoms with E-state index < -0.39 is 0 Å². The first kappa shape index (κ1) is 17.1. The number of allylic oxidation sites excluding steroid dienone is 1. The summed E-state index contributed by atoms with van der Waals surface area (Å²) in [7, 11) is 0. The Morgan fingerprint density at radius 1 is 1.17 bits per heavy atom. The molecule has 0 saturated carbocycles. The molecule has 0 bridgehead atoms. The van der Waals surface area contributed by atoms with Gasteiger partial charge in [0.1, 0.15) is 5.83 Å². The summed E-state index contributed by atoms with van der Waals surface area (Å²) in [5.74, 6) is -0.314. The average molecular weight is 257 g/mol. The maximum atomic E-state index is 13.4. The zero-order valence-electron chi connectivity index (χ0n) is 12.3. The number of carbonyl (C=O) groups is 1. The third kappa shape index (κ3) is 11.6. The van der Waals surface area contributed by atoms with Crippen LogP contribution in [0.3, 0.4) is 0 Å². The van der Waals surface area contributed by atoms with E-state index in [1.807, 2.05) is 20.8 Å². The molecule has 0 aliphatic carbocycles. The van der Waals surface area contributed by atoms with Gasteiger partial charge in [-0.3, -0.25) is 4.79 Å². The number of amides is 1. The lowest BCUT2D eigenvalue weighted by Gasteiger charge is -2.12. The summed E-state index contributed by atoms with van der Waals surface area (Å²) in [6.07, 6.45) is 7.65. The Labute approximate surface area is 111 Å². The maximum absolute atomic E-state index is 13.4. The van der Waals surface area contributed by atoms with Crippen molar-refractivity contribution in [2.24, 2.45) is 5.41 Å². The van der Waals surface area contributed by atoms with Gasteiger partial charge in [0, 0.05) is 6.42 Å². The third-order valence-electron chi connectivity index (χ3n) is 2.55. The van der Waals surface area contributed by atoms with Crippen LogP contribution in [-0.4, -0.2) is 12.5 Å². The van der Waals surface area contributed by atoms with E-state index in [-0.39, 0.29) is 23.7 Å². The summed E-state index contributed by atoms with van der Waals surface area (Å²) in [6, 6.07) is 0. The molecule has 0 aromatic rings. The summed E-state index contributed by atoms with van der Waals surface area (Å²) < 4.78 is 13.4. The van der Waals surface area contributed by atoms with Gasteiger partial charge in [0.25, 0.3) is 0 Å². The molecule has 2 nitrogen and oxygen atoms in total. The number of hydrogen-bond donors (Lipinski definition) is 1. The first-order valence-corrected chi connectivity index (χ1v) is 6.99. The van der Waals surface area contributed by atoms with Crippen molar-refractivity contribution in [3.63, 3.8) is 0 Å². The highest BCUT2D eigenvalue weighted by molar-refractivity contribution is 5.76. The highest BCUT2D eigenvalue weighted by Gasteiger charge is 2.09. The molecule has 0 rings (SSSR count). The molecule has 0 saturated heterocycles. The summed E-state index contributed by atoms with van der Waals surface area (Å²) in [6.45, 7) is 7.98. The van der Waals surface area contributed by atoms with Gasteiger partial charge in [-0.2, -0.15) is 0 Å².